The van der Waals surface area contributed by atoms with Crippen LogP contribution in [0.5, 0.6) is 0 Å². The van der Waals surface area contributed by atoms with Gasteiger partial charge in [0.25, 0.3) is 0 Å². The Morgan fingerprint density at radius 3 is 2.78 bits per heavy atom. The van der Waals surface area contributed by atoms with Gasteiger partial charge in [0.15, 0.2) is 0 Å². The van der Waals surface area contributed by atoms with E-state index in [1.165, 1.54) is 0 Å². The highest BCUT2D eigenvalue weighted by atomic mass is 16.2. The molecule has 0 saturated carbocycles. The van der Waals surface area contributed by atoms with Gasteiger partial charge in [0.2, 0.25) is 11.8 Å². The van der Waals surface area contributed by atoms with Gasteiger partial charge in [0, 0.05) is 6.54 Å². The first kappa shape index (κ1) is 14.5. The van der Waals surface area contributed by atoms with Crippen molar-refractivity contribution in [3.8, 4) is 12.3 Å². The molecule has 1 rings (SSSR count). The zero-order chi connectivity index (χ0) is 13.8. The van der Waals surface area contributed by atoms with Crippen LogP contribution in [0.3, 0.4) is 0 Å². The number of nitrogens with one attached hydrogen (secondary N) is 1. The molecular weight excluding hydrogens is 230 g/mol. The standard InChI is InChI=1S/C13H21N3O2/c1-4-13(2,3)15-12(18)10-6-5-7-16(8-10)9-11(14)17/h1,10H,5-9H2,2-3H3,(H2,14,17)(H,15,18)/t10-/m1/s1. The number of carbonyl (C=O) groups excluding carboxylic acids is 2. The minimum absolute atomic E-state index is 0.0490. The highest BCUT2D eigenvalue weighted by Gasteiger charge is 2.29. The van der Waals surface area contributed by atoms with E-state index in [2.05, 4.69) is 11.2 Å². The number of rotatable bonds is 4. The maximum absolute atomic E-state index is 12.1. The van der Waals surface area contributed by atoms with Gasteiger partial charge in [-0.2, -0.15) is 0 Å². The SMILES string of the molecule is C#CC(C)(C)NC(=O)[C@@H]1CCCN(CC(N)=O)C1. The van der Waals surface area contributed by atoms with Gasteiger partial charge in [-0.05, 0) is 33.2 Å². The lowest BCUT2D eigenvalue weighted by Crippen LogP contribution is -2.50. The van der Waals surface area contributed by atoms with Crippen molar-refractivity contribution in [1.29, 1.82) is 0 Å². The smallest absolute Gasteiger partial charge is 0.231 e. The normalized spacial score (nSPS) is 21.1. The molecule has 0 unspecified atom stereocenters. The molecule has 0 aromatic carbocycles. The first-order valence-electron chi connectivity index (χ1n) is 6.14. The third-order valence-electron chi connectivity index (χ3n) is 3.05. The molecule has 1 saturated heterocycles. The summed E-state index contributed by atoms with van der Waals surface area (Å²) in [5, 5.41) is 2.83. The summed E-state index contributed by atoms with van der Waals surface area (Å²) >= 11 is 0. The molecule has 18 heavy (non-hydrogen) atoms. The molecule has 0 aromatic rings. The summed E-state index contributed by atoms with van der Waals surface area (Å²) in [6.45, 7) is 5.16. The van der Waals surface area contributed by atoms with Crippen molar-refractivity contribution in [2.24, 2.45) is 11.7 Å². The fourth-order valence-corrected chi connectivity index (χ4v) is 2.08. The van der Waals surface area contributed by atoms with Gasteiger partial charge in [0.05, 0.1) is 18.0 Å². The number of likely N-dealkylation sites (tertiary alicyclic amines) is 1. The zero-order valence-electron chi connectivity index (χ0n) is 11.0. The monoisotopic (exact) mass is 251 g/mol. The van der Waals surface area contributed by atoms with Crippen LogP contribution in [0, 0.1) is 18.3 Å². The van der Waals surface area contributed by atoms with Crippen molar-refractivity contribution in [3.05, 3.63) is 0 Å². The number of nitrogens with two attached hydrogens (primary N) is 1. The first-order chi connectivity index (χ1) is 8.34. The maximum atomic E-state index is 12.1. The van der Waals surface area contributed by atoms with Gasteiger partial charge in [-0.25, -0.2) is 0 Å². The maximum Gasteiger partial charge on any atom is 0.231 e. The van der Waals surface area contributed by atoms with Crippen molar-refractivity contribution in [3.63, 3.8) is 0 Å². The van der Waals surface area contributed by atoms with Crippen LogP contribution in [0.2, 0.25) is 0 Å². The predicted molar refractivity (Wildman–Crippen MR) is 69.4 cm³/mol. The molecule has 1 atom stereocenters. The molecule has 3 N–H and O–H groups in total. The van der Waals surface area contributed by atoms with E-state index in [9.17, 15) is 9.59 Å². The van der Waals surface area contributed by atoms with Gasteiger partial charge in [-0.3, -0.25) is 14.5 Å². The predicted octanol–water partition coefficient (Wildman–Crippen LogP) is -0.288. The number of piperidine rings is 1. The Hall–Kier alpha value is -1.54. The van der Waals surface area contributed by atoms with E-state index in [1.807, 2.05) is 4.90 Å². The molecule has 1 aliphatic rings. The lowest BCUT2D eigenvalue weighted by molar-refractivity contribution is -0.129. The minimum Gasteiger partial charge on any atom is -0.369 e. The molecule has 0 radical (unpaired) electrons. The van der Waals surface area contributed by atoms with E-state index < -0.39 is 5.54 Å². The van der Waals surface area contributed by atoms with Crippen LogP contribution in [-0.2, 0) is 9.59 Å². The second kappa shape index (κ2) is 5.87. The summed E-state index contributed by atoms with van der Waals surface area (Å²) in [7, 11) is 0. The van der Waals surface area contributed by atoms with Crippen molar-refractivity contribution >= 4 is 11.8 Å². The number of amides is 2. The lowest BCUT2D eigenvalue weighted by atomic mass is 9.95. The van der Waals surface area contributed by atoms with E-state index in [-0.39, 0.29) is 24.3 Å². The number of terminal acetylenes is 1. The quantitative estimate of drug-likeness (QED) is 0.674. The van der Waals surface area contributed by atoms with Gasteiger partial charge in [-0.15, -0.1) is 6.42 Å². The molecule has 1 heterocycles. The van der Waals surface area contributed by atoms with Crippen LogP contribution >= 0.6 is 0 Å². The summed E-state index contributed by atoms with van der Waals surface area (Å²) in [6.07, 6.45) is 7.05. The van der Waals surface area contributed by atoms with Crippen LogP contribution in [0.4, 0.5) is 0 Å². The Bertz CT molecular complexity index is 371. The molecule has 1 fully saturated rings. The van der Waals surface area contributed by atoms with E-state index >= 15 is 0 Å². The molecule has 5 heteroatoms. The average molecular weight is 251 g/mol. The van der Waals surface area contributed by atoms with Crippen LogP contribution in [0.25, 0.3) is 0 Å². The molecule has 0 spiro atoms. The number of carbonyl (C=O) groups is 2. The summed E-state index contributed by atoms with van der Waals surface area (Å²) in [5.74, 6) is 2.01. The fraction of sp³-hybridized carbons (Fsp3) is 0.692. The van der Waals surface area contributed by atoms with Gasteiger partial charge in [-0.1, -0.05) is 5.92 Å². The van der Waals surface area contributed by atoms with Gasteiger partial charge in [0.1, 0.15) is 0 Å². The van der Waals surface area contributed by atoms with E-state index in [1.54, 1.807) is 13.8 Å². The number of primary amides is 1. The Kier molecular flexibility index (Phi) is 4.74. The van der Waals surface area contributed by atoms with Crippen molar-refractivity contribution in [2.75, 3.05) is 19.6 Å². The van der Waals surface area contributed by atoms with Crippen molar-refractivity contribution in [1.82, 2.24) is 10.2 Å². The Morgan fingerprint density at radius 1 is 1.56 bits per heavy atom. The van der Waals surface area contributed by atoms with Gasteiger partial charge >= 0.3 is 0 Å². The molecule has 100 valence electrons. The van der Waals surface area contributed by atoms with Crippen LogP contribution in [0.1, 0.15) is 26.7 Å². The van der Waals surface area contributed by atoms with E-state index in [0.717, 1.165) is 19.4 Å². The summed E-state index contributed by atoms with van der Waals surface area (Å²) in [4.78, 5) is 24.8. The molecule has 2 amide bonds. The van der Waals surface area contributed by atoms with Crippen LogP contribution in [-0.4, -0.2) is 41.9 Å². The topological polar surface area (TPSA) is 75.4 Å². The first-order valence-corrected chi connectivity index (χ1v) is 6.14. The molecule has 0 aromatic heterocycles. The third-order valence-corrected chi connectivity index (χ3v) is 3.05. The summed E-state index contributed by atoms with van der Waals surface area (Å²) in [6, 6.07) is 0. The lowest BCUT2D eigenvalue weighted by Gasteiger charge is -2.32. The highest BCUT2D eigenvalue weighted by Crippen LogP contribution is 2.17. The van der Waals surface area contributed by atoms with Crippen molar-refractivity contribution in [2.45, 2.75) is 32.2 Å². The number of hydrogen-bond acceptors (Lipinski definition) is 3. The van der Waals surface area contributed by atoms with Gasteiger partial charge < -0.3 is 11.1 Å². The zero-order valence-corrected chi connectivity index (χ0v) is 11.0. The fourth-order valence-electron chi connectivity index (χ4n) is 2.08. The second-order valence-corrected chi connectivity index (χ2v) is 5.30. The molecule has 5 nitrogen and oxygen atoms in total. The number of hydrogen-bond donors (Lipinski definition) is 2. The van der Waals surface area contributed by atoms with Crippen LogP contribution < -0.4 is 11.1 Å². The van der Waals surface area contributed by atoms with Crippen molar-refractivity contribution < 1.29 is 9.59 Å². The van der Waals surface area contributed by atoms with E-state index in [4.69, 9.17) is 12.2 Å². The molecule has 0 aliphatic carbocycles. The second-order valence-electron chi connectivity index (χ2n) is 5.30. The Balaban J connectivity index is 2.54. The molecule has 1 aliphatic heterocycles. The largest absolute Gasteiger partial charge is 0.369 e. The number of nitrogens with zero attached hydrogens (tertiary/aromatic N) is 1. The molecule has 0 bridgehead atoms. The third kappa shape index (κ3) is 4.38. The molecular formula is C13H21N3O2. The Morgan fingerprint density at radius 2 is 2.22 bits per heavy atom. The Labute approximate surface area is 108 Å². The van der Waals surface area contributed by atoms with Crippen LogP contribution in [0.15, 0.2) is 0 Å². The summed E-state index contributed by atoms with van der Waals surface area (Å²) < 4.78 is 0. The minimum atomic E-state index is -0.636. The summed E-state index contributed by atoms with van der Waals surface area (Å²) in [5.41, 5.74) is 4.52. The highest BCUT2D eigenvalue weighted by molar-refractivity contribution is 5.80. The average Bonchev–Trinajstić information content (AvgIpc) is 2.28. The van der Waals surface area contributed by atoms with E-state index in [0.29, 0.717) is 6.54 Å².